The van der Waals surface area contributed by atoms with E-state index in [1.807, 2.05) is 6.92 Å². The summed E-state index contributed by atoms with van der Waals surface area (Å²) in [5.41, 5.74) is 2.00. The van der Waals surface area contributed by atoms with E-state index in [2.05, 4.69) is 0 Å². The Morgan fingerprint density at radius 2 is 2.20 bits per heavy atom. The molecule has 0 saturated carbocycles. The summed E-state index contributed by atoms with van der Waals surface area (Å²) in [5, 5.41) is 10.6. The molecule has 10 heavy (non-hydrogen) atoms. The Kier molecular flexibility index (Phi) is 2.02. The highest BCUT2D eigenvalue weighted by molar-refractivity contribution is 7.79. The number of thiocarbonyl (C=S) groups is 1. The number of benzene rings is 1. The summed E-state index contributed by atoms with van der Waals surface area (Å²) < 4.78 is 0. The summed E-state index contributed by atoms with van der Waals surface area (Å²) in [5.74, 6) is 0.290. The zero-order valence-electron chi connectivity index (χ0n) is 5.66. The van der Waals surface area contributed by atoms with Crippen LogP contribution in [0, 0.1) is 6.92 Å². The number of rotatable bonds is 1. The fourth-order valence-corrected chi connectivity index (χ4v) is 1.06. The van der Waals surface area contributed by atoms with Gasteiger partial charge in [-0.2, -0.15) is 0 Å². The Balaban J connectivity index is 3.19. The van der Waals surface area contributed by atoms with Gasteiger partial charge in [0, 0.05) is 5.37 Å². The van der Waals surface area contributed by atoms with E-state index >= 15 is 0 Å². The van der Waals surface area contributed by atoms with Crippen LogP contribution in [0.3, 0.4) is 0 Å². The quantitative estimate of drug-likeness (QED) is 0.621. The molecule has 0 amide bonds. The van der Waals surface area contributed by atoms with Gasteiger partial charge >= 0.3 is 0 Å². The Labute approximate surface area is 65.3 Å². The van der Waals surface area contributed by atoms with Crippen molar-refractivity contribution >= 4 is 17.6 Å². The van der Waals surface area contributed by atoms with Crippen LogP contribution in [-0.2, 0) is 0 Å². The number of hydrogen-bond donors (Lipinski definition) is 1. The maximum Gasteiger partial charge on any atom is 0.115 e. The zero-order valence-corrected chi connectivity index (χ0v) is 6.48. The standard InChI is InChI=1S/C8H8OS/c1-6-4-8(9)3-2-7(6)5-10/h2-5,9H,1H3. The Hall–Kier alpha value is -0.890. The molecule has 0 aliphatic carbocycles. The minimum absolute atomic E-state index is 0.290. The van der Waals surface area contributed by atoms with Gasteiger partial charge in [0.25, 0.3) is 0 Å². The molecule has 2 heteroatoms. The number of phenols is 1. The molecule has 0 atom stereocenters. The van der Waals surface area contributed by atoms with Crippen molar-refractivity contribution < 1.29 is 5.11 Å². The van der Waals surface area contributed by atoms with E-state index in [-0.39, 0.29) is 5.75 Å². The molecule has 0 aromatic heterocycles. The molecule has 1 aromatic rings. The van der Waals surface area contributed by atoms with Gasteiger partial charge in [0.05, 0.1) is 0 Å². The van der Waals surface area contributed by atoms with Crippen LogP contribution >= 0.6 is 12.2 Å². The monoisotopic (exact) mass is 152 g/mol. The molecule has 0 radical (unpaired) electrons. The highest BCUT2D eigenvalue weighted by Gasteiger charge is 1.93. The molecule has 0 fully saturated rings. The highest BCUT2D eigenvalue weighted by atomic mass is 32.1. The first-order valence-corrected chi connectivity index (χ1v) is 3.46. The van der Waals surface area contributed by atoms with Crippen LogP contribution in [0.2, 0.25) is 0 Å². The van der Waals surface area contributed by atoms with E-state index in [4.69, 9.17) is 17.3 Å². The van der Waals surface area contributed by atoms with E-state index in [0.717, 1.165) is 11.1 Å². The van der Waals surface area contributed by atoms with Gasteiger partial charge in [0.15, 0.2) is 0 Å². The second-order valence-electron chi connectivity index (χ2n) is 2.16. The van der Waals surface area contributed by atoms with E-state index in [0.29, 0.717) is 0 Å². The van der Waals surface area contributed by atoms with Crippen LogP contribution in [0.1, 0.15) is 11.1 Å². The molecule has 0 spiro atoms. The fourth-order valence-electron chi connectivity index (χ4n) is 0.792. The van der Waals surface area contributed by atoms with Gasteiger partial charge in [0.1, 0.15) is 5.75 Å². The number of hydrogen-bond acceptors (Lipinski definition) is 2. The maximum atomic E-state index is 8.99. The van der Waals surface area contributed by atoms with Gasteiger partial charge in [-0.15, -0.1) is 0 Å². The summed E-state index contributed by atoms with van der Waals surface area (Å²) in [6.07, 6.45) is 0. The lowest BCUT2D eigenvalue weighted by Crippen LogP contribution is -1.82. The third-order valence-electron chi connectivity index (χ3n) is 1.38. The Morgan fingerprint density at radius 3 is 2.70 bits per heavy atom. The van der Waals surface area contributed by atoms with Gasteiger partial charge in [-0.05, 0) is 30.2 Å². The van der Waals surface area contributed by atoms with Crippen molar-refractivity contribution in [2.75, 3.05) is 0 Å². The zero-order chi connectivity index (χ0) is 7.56. The molecule has 0 saturated heterocycles. The van der Waals surface area contributed by atoms with E-state index in [1.165, 1.54) is 0 Å². The normalized spacial score (nSPS) is 9.30. The molecule has 1 rings (SSSR count). The highest BCUT2D eigenvalue weighted by Crippen LogP contribution is 2.13. The molecule has 1 N–H and O–H groups in total. The molecule has 1 aromatic carbocycles. The third kappa shape index (κ3) is 1.33. The summed E-state index contributed by atoms with van der Waals surface area (Å²) in [6.45, 7) is 1.91. The summed E-state index contributed by atoms with van der Waals surface area (Å²) in [7, 11) is 0. The predicted molar refractivity (Wildman–Crippen MR) is 45.6 cm³/mol. The van der Waals surface area contributed by atoms with Gasteiger partial charge in [-0.1, -0.05) is 18.3 Å². The average molecular weight is 152 g/mol. The summed E-state index contributed by atoms with van der Waals surface area (Å²) in [4.78, 5) is 0. The van der Waals surface area contributed by atoms with Crippen LogP contribution in [0.5, 0.6) is 5.75 Å². The molecule has 1 nitrogen and oxygen atoms in total. The van der Waals surface area contributed by atoms with E-state index in [1.54, 1.807) is 23.6 Å². The first kappa shape index (κ1) is 7.22. The SMILES string of the molecule is Cc1cc(O)ccc1C=S. The van der Waals surface area contributed by atoms with Crippen molar-refractivity contribution in [3.8, 4) is 5.75 Å². The summed E-state index contributed by atoms with van der Waals surface area (Å²) >= 11 is 4.74. The lowest BCUT2D eigenvalue weighted by atomic mass is 10.1. The van der Waals surface area contributed by atoms with Crippen LogP contribution in [0.15, 0.2) is 18.2 Å². The van der Waals surface area contributed by atoms with Crippen molar-refractivity contribution in [1.29, 1.82) is 0 Å². The minimum Gasteiger partial charge on any atom is -0.508 e. The predicted octanol–water partition coefficient (Wildman–Crippen LogP) is 2.05. The van der Waals surface area contributed by atoms with Gasteiger partial charge in [-0.25, -0.2) is 0 Å². The van der Waals surface area contributed by atoms with Crippen molar-refractivity contribution in [3.63, 3.8) is 0 Å². The second-order valence-corrected chi connectivity index (χ2v) is 2.39. The molecule has 0 unspecified atom stereocenters. The van der Waals surface area contributed by atoms with Crippen molar-refractivity contribution in [2.24, 2.45) is 0 Å². The average Bonchev–Trinajstić information content (AvgIpc) is 1.88. The minimum atomic E-state index is 0.290. The first-order valence-electron chi connectivity index (χ1n) is 2.99. The van der Waals surface area contributed by atoms with Crippen LogP contribution in [0.4, 0.5) is 0 Å². The molecular formula is C8H8OS. The first-order chi connectivity index (χ1) is 4.74. The molecule has 0 heterocycles. The lowest BCUT2D eigenvalue weighted by molar-refractivity contribution is 0.475. The topological polar surface area (TPSA) is 20.2 Å². The van der Waals surface area contributed by atoms with E-state index < -0.39 is 0 Å². The maximum absolute atomic E-state index is 8.99. The number of phenolic OH excluding ortho intramolecular Hbond substituents is 1. The summed E-state index contributed by atoms with van der Waals surface area (Å²) in [6, 6.07) is 5.13. The van der Waals surface area contributed by atoms with Crippen LogP contribution in [-0.4, -0.2) is 10.5 Å². The van der Waals surface area contributed by atoms with Gasteiger partial charge in [-0.3, -0.25) is 0 Å². The molecule has 0 aliphatic rings. The van der Waals surface area contributed by atoms with Gasteiger partial charge < -0.3 is 5.11 Å². The Morgan fingerprint density at radius 1 is 1.50 bits per heavy atom. The largest absolute Gasteiger partial charge is 0.508 e. The second kappa shape index (κ2) is 2.80. The smallest absolute Gasteiger partial charge is 0.115 e. The molecule has 0 bridgehead atoms. The Bertz CT molecular complexity index is 255. The number of aryl methyl sites for hydroxylation is 1. The fraction of sp³-hybridized carbons (Fsp3) is 0.125. The molecule has 52 valence electrons. The molecular weight excluding hydrogens is 144 g/mol. The van der Waals surface area contributed by atoms with Gasteiger partial charge in [0.2, 0.25) is 0 Å². The molecule has 0 aliphatic heterocycles. The number of aromatic hydroxyl groups is 1. The van der Waals surface area contributed by atoms with Crippen LogP contribution < -0.4 is 0 Å². The third-order valence-corrected chi connectivity index (χ3v) is 1.63. The van der Waals surface area contributed by atoms with Crippen molar-refractivity contribution in [1.82, 2.24) is 0 Å². The van der Waals surface area contributed by atoms with Crippen molar-refractivity contribution in [3.05, 3.63) is 29.3 Å². The van der Waals surface area contributed by atoms with Crippen LogP contribution in [0.25, 0.3) is 0 Å². The van der Waals surface area contributed by atoms with Crippen molar-refractivity contribution in [2.45, 2.75) is 6.92 Å². The lowest BCUT2D eigenvalue weighted by Gasteiger charge is -1.97. The van der Waals surface area contributed by atoms with E-state index in [9.17, 15) is 0 Å².